The van der Waals surface area contributed by atoms with Gasteiger partial charge in [0.1, 0.15) is 0 Å². The summed E-state index contributed by atoms with van der Waals surface area (Å²) in [6, 6.07) is 0. The SMILES string of the molecule is CC.CC.Cc1cnn(C)c1. The Morgan fingerprint density at radius 2 is 1.64 bits per heavy atom. The van der Waals surface area contributed by atoms with Crippen molar-refractivity contribution in [2.24, 2.45) is 7.05 Å². The molecule has 0 saturated carbocycles. The Hall–Kier alpha value is -0.790. The third kappa shape index (κ3) is 7.10. The molecule has 0 atom stereocenters. The standard InChI is InChI=1S/C5H8N2.2C2H6/c1-5-3-6-7(2)4-5;2*1-2/h3-4H,1-2H3;2*1-2H3. The molecule has 0 amide bonds. The highest BCUT2D eigenvalue weighted by Crippen LogP contribution is 1.88. The molecule has 0 fully saturated rings. The monoisotopic (exact) mass is 156 g/mol. The van der Waals surface area contributed by atoms with Gasteiger partial charge in [-0.25, -0.2) is 0 Å². The Morgan fingerprint density at radius 1 is 1.18 bits per heavy atom. The number of hydrogen-bond donors (Lipinski definition) is 0. The highest BCUT2D eigenvalue weighted by Gasteiger charge is 1.81. The Labute approximate surface area is 70.2 Å². The second-order valence-corrected chi connectivity index (χ2v) is 1.69. The molecule has 0 aliphatic carbocycles. The Bertz CT molecular complexity index is 140. The average molecular weight is 156 g/mol. The lowest BCUT2D eigenvalue weighted by molar-refractivity contribution is 0.767. The molecule has 11 heavy (non-hydrogen) atoms. The molecule has 0 aromatic carbocycles. The molecule has 1 aromatic rings. The molecule has 0 aliphatic rings. The van der Waals surface area contributed by atoms with Crippen molar-refractivity contribution in [3.05, 3.63) is 18.0 Å². The van der Waals surface area contributed by atoms with Crippen LogP contribution in [0.25, 0.3) is 0 Å². The van der Waals surface area contributed by atoms with E-state index >= 15 is 0 Å². The van der Waals surface area contributed by atoms with Gasteiger partial charge in [0.2, 0.25) is 0 Å². The van der Waals surface area contributed by atoms with Crippen molar-refractivity contribution in [2.45, 2.75) is 34.6 Å². The van der Waals surface area contributed by atoms with Gasteiger partial charge in [-0.1, -0.05) is 27.7 Å². The molecule has 0 spiro atoms. The Morgan fingerprint density at radius 3 is 1.73 bits per heavy atom. The molecule has 2 nitrogen and oxygen atoms in total. The van der Waals surface area contributed by atoms with Crippen molar-refractivity contribution in [3.63, 3.8) is 0 Å². The van der Waals surface area contributed by atoms with Gasteiger partial charge in [-0.2, -0.15) is 5.10 Å². The number of hydrogen-bond acceptors (Lipinski definition) is 1. The Balaban J connectivity index is 0. The van der Waals surface area contributed by atoms with E-state index < -0.39 is 0 Å². The van der Waals surface area contributed by atoms with Crippen LogP contribution in [0.15, 0.2) is 12.4 Å². The molecule has 0 saturated heterocycles. The number of nitrogens with zero attached hydrogens (tertiary/aromatic N) is 2. The fourth-order valence-corrected chi connectivity index (χ4v) is 0.544. The third-order valence-corrected chi connectivity index (χ3v) is 0.834. The van der Waals surface area contributed by atoms with Gasteiger partial charge in [0.15, 0.2) is 0 Å². The zero-order chi connectivity index (χ0) is 9.28. The summed E-state index contributed by atoms with van der Waals surface area (Å²) < 4.78 is 1.79. The summed E-state index contributed by atoms with van der Waals surface area (Å²) in [7, 11) is 1.91. The highest BCUT2D eigenvalue weighted by atomic mass is 15.2. The lowest BCUT2D eigenvalue weighted by Crippen LogP contribution is -1.83. The maximum Gasteiger partial charge on any atom is 0.0518 e. The summed E-state index contributed by atoms with van der Waals surface area (Å²) in [4.78, 5) is 0. The normalized spacial score (nSPS) is 7.09. The van der Waals surface area contributed by atoms with Crippen LogP contribution >= 0.6 is 0 Å². The van der Waals surface area contributed by atoms with Gasteiger partial charge in [0.05, 0.1) is 6.20 Å². The fraction of sp³-hybridized carbons (Fsp3) is 0.667. The molecule has 0 bridgehead atoms. The van der Waals surface area contributed by atoms with Crippen molar-refractivity contribution in [2.75, 3.05) is 0 Å². The third-order valence-electron chi connectivity index (χ3n) is 0.834. The molecular weight excluding hydrogens is 136 g/mol. The van der Waals surface area contributed by atoms with Crippen LogP contribution in [-0.4, -0.2) is 9.78 Å². The molecule has 1 aromatic heterocycles. The molecular formula is C9H20N2. The first kappa shape index (κ1) is 12.8. The lowest BCUT2D eigenvalue weighted by atomic mass is 10.4. The highest BCUT2D eigenvalue weighted by molar-refractivity contribution is 4.98. The second-order valence-electron chi connectivity index (χ2n) is 1.69. The van der Waals surface area contributed by atoms with E-state index in [1.54, 1.807) is 4.68 Å². The van der Waals surface area contributed by atoms with Gasteiger partial charge in [0.25, 0.3) is 0 Å². The second kappa shape index (κ2) is 9.21. The maximum absolute atomic E-state index is 3.93. The van der Waals surface area contributed by atoms with Crippen LogP contribution in [0.4, 0.5) is 0 Å². The molecule has 2 heteroatoms. The number of rotatable bonds is 0. The summed E-state index contributed by atoms with van der Waals surface area (Å²) >= 11 is 0. The molecule has 0 aliphatic heterocycles. The average Bonchev–Trinajstić information content (AvgIpc) is 2.43. The van der Waals surface area contributed by atoms with Crippen LogP contribution in [0, 0.1) is 6.92 Å². The summed E-state index contributed by atoms with van der Waals surface area (Å²) in [6.45, 7) is 10.0. The van der Waals surface area contributed by atoms with Gasteiger partial charge in [-0.15, -0.1) is 0 Å². The first-order chi connectivity index (χ1) is 5.29. The molecule has 1 heterocycles. The van der Waals surface area contributed by atoms with Gasteiger partial charge < -0.3 is 0 Å². The van der Waals surface area contributed by atoms with Gasteiger partial charge in [0, 0.05) is 13.2 Å². The maximum atomic E-state index is 3.93. The minimum absolute atomic E-state index is 1.21. The van der Waals surface area contributed by atoms with E-state index in [1.165, 1.54) is 5.56 Å². The zero-order valence-electron chi connectivity index (χ0n) is 8.55. The van der Waals surface area contributed by atoms with Gasteiger partial charge in [-0.05, 0) is 12.5 Å². The van der Waals surface area contributed by atoms with Crippen LogP contribution in [0.2, 0.25) is 0 Å². The van der Waals surface area contributed by atoms with E-state index in [0.717, 1.165) is 0 Å². The van der Waals surface area contributed by atoms with E-state index in [1.807, 2.05) is 54.1 Å². The van der Waals surface area contributed by atoms with E-state index in [-0.39, 0.29) is 0 Å². The lowest BCUT2D eigenvalue weighted by Gasteiger charge is -1.78. The van der Waals surface area contributed by atoms with Crippen molar-refractivity contribution in [3.8, 4) is 0 Å². The van der Waals surface area contributed by atoms with Crippen molar-refractivity contribution >= 4 is 0 Å². The van der Waals surface area contributed by atoms with Gasteiger partial charge >= 0.3 is 0 Å². The Kier molecular flexibility index (Phi) is 10.8. The van der Waals surface area contributed by atoms with E-state index in [9.17, 15) is 0 Å². The summed E-state index contributed by atoms with van der Waals surface area (Å²) in [5.74, 6) is 0. The molecule has 0 radical (unpaired) electrons. The first-order valence-corrected chi connectivity index (χ1v) is 4.24. The molecule has 66 valence electrons. The molecule has 0 unspecified atom stereocenters. The fourth-order valence-electron chi connectivity index (χ4n) is 0.544. The minimum atomic E-state index is 1.21. The number of aromatic nitrogens is 2. The quantitative estimate of drug-likeness (QED) is 0.564. The van der Waals surface area contributed by atoms with Gasteiger partial charge in [-0.3, -0.25) is 4.68 Å². The predicted octanol–water partition coefficient (Wildman–Crippen LogP) is 2.78. The van der Waals surface area contributed by atoms with Crippen LogP contribution < -0.4 is 0 Å². The van der Waals surface area contributed by atoms with Crippen molar-refractivity contribution < 1.29 is 0 Å². The van der Waals surface area contributed by atoms with Crippen LogP contribution in [0.3, 0.4) is 0 Å². The zero-order valence-corrected chi connectivity index (χ0v) is 8.55. The molecule has 0 N–H and O–H groups in total. The van der Waals surface area contributed by atoms with E-state index in [2.05, 4.69) is 5.10 Å². The van der Waals surface area contributed by atoms with Crippen LogP contribution in [0.5, 0.6) is 0 Å². The van der Waals surface area contributed by atoms with E-state index in [0.29, 0.717) is 0 Å². The smallest absolute Gasteiger partial charge is 0.0518 e. The first-order valence-electron chi connectivity index (χ1n) is 4.24. The summed E-state index contributed by atoms with van der Waals surface area (Å²) in [5.41, 5.74) is 1.21. The van der Waals surface area contributed by atoms with Crippen LogP contribution in [0.1, 0.15) is 33.3 Å². The van der Waals surface area contributed by atoms with Crippen molar-refractivity contribution in [1.82, 2.24) is 9.78 Å². The summed E-state index contributed by atoms with van der Waals surface area (Å²) in [6.07, 6.45) is 3.81. The number of aryl methyl sites for hydroxylation is 2. The van der Waals surface area contributed by atoms with Crippen molar-refractivity contribution in [1.29, 1.82) is 0 Å². The van der Waals surface area contributed by atoms with Crippen LogP contribution in [-0.2, 0) is 7.05 Å². The topological polar surface area (TPSA) is 17.8 Å². The summed E-state index contributed by atoms with van der Waals surface area (Å²) in [5, 5.41) is 3.93. The molecule has 1 rings (SSSR count). The predicted molar refractivity (Wildman–Crippen MR) is 50.6 cm³/mol. The largest absolute Gasteiger partial charge is 0.276 e. The van der Waals surface area contributed by atoms with E-state index in [4.69, 9.17) is 0 Å². The minimum Gasteiger partial charge on any atom is -0.276 e.